The number of carbonyl (C=O) groups is 2. The Kier molecular flexibility index (Phi) is 6.78. The maximum absolute atomic E-state index is 12.2. The summed E-state index contributed by atoms with van der Waals surface area (Å²) in [5, 5.41) is 10.1. The third-order valence-corrected chi connectivity index (χ3v) is 6.54. The molecule has 3 heterocycles. The lowest BCUT2D eigenvalue weighted by molar-refractivity contribution is -0.134. The quantitative estimate of drug-likeness (QED) is 0.220. The summed E-state index contributed by atoms with van der Waals surface area (Å²) in [4.78, 5) is 25.3. The van der Waals surface area contributed by atoms with Crippen LogP contribution in [0.3, 0.4) is 0 Å². The number of ether oxygens (including phenoxy) is 1. The van der Waals surface area contributed by atoms with E-state index < -0.39 is 5.97 Å². The fourth-order valence-corrected chi connectivity index (χ4v) is 4.88. The minimum absolute atomic E-state index is 0.00212. The number of hydrogen-bond donors (Lipinski definition) is 0. The highest BCUT2D eigenvalue weighted by molar-refractivity contribution is 8.04. The molecular formula is C21H20N4O4S2. The first-order valence-electron chi connectivity index (χ1n) is 9.57. The zero-order valence-corrected chi connectivity index (χ0v) is 18.4. The summed E-state index contributed by atoms with van der Waals surface area (Å²) in [6.45, 7) is 0.520. The van der Waals surface area contributed by atoms with Crippen molar-refractivity contribution in [2.75, 3.05) is 25.2 Å². The molecule has 1 fully saturated rings. The van der Waals surface area contributed by atoms with Gasteiger partial charge in [0.05, 0.1) is 30.2 Å². The Morgan fingerprint density at radius 2 is 2.10 bits per heavy atom. The van der Waals surface area contributed by atoms with Gasteiger partial charge in [0.15, 0.2) is 10.9 Å². The molecule has 1 amide bonds. The molecule has 0 aliphatic carbocycles. The second kappa shape index (κ2) is 9.88. The standard InChI is InChI=1S/C21H20N4O4S2/c1-28-19(27)13-18-24(17(26)14-31-18)10-6-12-30-21-23-22-20(16-9-5-11-29-16)25(21)15-7-3-2-4-8-15/h2-5,7-9,11,13H,6,10,12,14H2,1H3/b18-13+. The van der Waals surface area contributed by atoms with Gasteiger partial charge in [-0.25, -0.2) is 4.79 Å². The number of hydrogen-bond acceptors (Lipinski definition) is 8. The summed E-state index contributed by atoms with van der Waals surface area (Å²) < 4.78 is 12.2. The van der Waals surface area contributed by atoms with Crippen LogP contribution in [0, 0.1) is 0 Å². The van der Waals surface area contributed by atoms with Gasteiger partial charge in [0.25, 0.3) is 0 Å². The van der Waals surface area contributed by atoms with Crippen LogP contribution in [0.1, 0.15) is 6.42 Å². The van der Waals surface area contributed by atoms with E-state index in [0.29, 0.717) is 28.9 Å². The maximum Gasteiger partial charge on any atom is 0.333 e. The number of furan rings is 1. The number of carbonyl (C=O) groups excluding carboxylic acids is 2. The van der Waals surface area contributed by atoms with E-state index in [2.05, 4.69) is 14.9 Å². The van der Waals surface area contributed by atoms with E-state index in [-0.39, 0.29) is 5.91 Å². The predicted octanol–water partition coefficient (Wildman–Crippen LogP) is 3.60. The van der Waals surface area contributed by atoms with Gasteiger partial charge in [-0.3, -0.25) is 9.36 Å². The number of nitrogens with zero attached hydrogens (tertiary/aromatic N) is 4. The van der Waals surface area contributed by atoms with Crippen molar-refractivity contribution in [3.05, 3.63) is 59.8 Å². The smallest absolute Gasteiger partial charge is 0.333 e. The number of benzene rings is 1. The van der Waals surface area contributed by atoms with Crippen LogP contribution in [0.5, 0.6) is 0 Å². The largest absolute Gasteiger partial charge is 0.466 e. The molecule has 31 heavy (non-hydrogen) atoms. The molecule has 0 bridgehead atoms. The number of thioether (sulfide) groups is 2. The van der Waals surface area contributed by atoms with Gasteiger partial charge in [-0.2, -0.15) is 0 Å². The molecule has 0 atom stereocenters. The molecule has 0 N–H and O–H groups in total. The summed E-state index contributed by atoms with van der Waals surface area (Å²) >= 11 is 2.91. The first-order valence-corrected chi connectivity index (χ1v) is 11.5. The molecule has 3 aromatic rings. The Labute approximate surface area is 187 Å². The van der Waals surface area contributed by atoms with Gasteiger partial charge in [0.2, 0.25) is 11.7 Å². The molecule has 1 aliphatic heterocycles. The van der Waals surface area contributed by atoms with Crippen molar-refractivity contribution < 1.29 is 18.7 Å². The molecule has 1 aromatic carbocycles. The molecule has 8 nitrogen and oxygen atoms in total. The monoisotopic (exact) mass is 456 g/mol. The van der Waals surface area contributed by atoms with Crippen LogP contribution in [0.4, 0.5) is 0 Å². The molecule has 0 unspecified atom stereocenters. The summed E-state index contributed by atoms with van der Waals surface area (Å²) in [5.41, 5.74) is 0.941. The highest BCUT2D eigenvalue weighted by atomic mass is 32.2. The summed E-state index contributed by atoms with van der Waals surface area (Å²) in [5.74, 6) is 1.87. The summed E-state index contributed by atoms with van der Waals surface area (Å²) in [6.07, 6.45) is 3.70. The Bertz CT molecular complexity index is 1080. The number of methoxy groups -OCH3 is 1. The third-order valence-electron chi connectivity index (χ3n) is 4.50. The van der Waals surface area contributed by atoms with Crippen LogP contribution in [0.2, 0.25) is 0 Å². The van der Waals surface area contributed by atoms with Crippen molar-refractivity contribution in [1.82, 2.24) is 19.7 Å². The van der Waals surface area contributed by atoms with Crippen LogP contribution in [0.25, 0.3) is 17.3 Å². The van der Waals surface area contributed by atoms with Crippen LogP contribution >= 0.6 is 23.5 Å². The van der Waals surface area contributed by atoms with Crippen LogP contribution in [-0.2, 0) is 14.3 Å². The average Bonchev–Trinajstić information content (AvgIpc) is 3.53. The van der Waals surface area contributed by atoms with E-state index in [4.69, 9.17) is 4.42 Å². The number of para-hydroxylation sites is 1. The van der Waals surface area contributed by atoms with Crippen molar-refractivity contribution in [1.29, 1.82) is 0 Å². The lowest BCUT2D eigenvalue weighted by atomic mass is 10.3. The van der Waals surface area contributed by atoms with Crippen molar-refractivity contribution in [3.63, 3.8) is 0 Å². The van der Waals surface area contributed by atoms with E-state index in [1.165, 1.54) is 24.9 Å². The molecule has 0 radical (unpaired) electrons. The minimum Gasteiger partial charge on any atom is -0.466 e. The Hall–Kier alpha value is -2.98. The molecule has 160 valence electrons. The number of aromatic nitrogens is 3. The van der Waals surface area contributed by atoms with Gasteiger partial charge in [0.1, 0.15) is 0 Å². The average molecular weight is 457 g/mol. The van der Waals surface area contributed by atoms with Gasteiger partial charge in [0, 0.05) is 18.0 Å². The van der Waals surface area contributed by atoms with Gasteiger partial charge < -0.3 is 14.1 Å². The van der Waals surface area contributed by atoms with Gasteiger partial charge in [-0.05, 0) is 30.7 Å². The summed E-state index contributed by atoms with van der Waals surface area (Å²) in [6, 6.07) is 13.5. The van der Waals surface area contributed by atoms with Crippen molar-refractivity contribution in [2.45, 2.75) is 11.6 Å². The van der Waals surface area contributed by atoms with Crippen LogP contribution in [0.15, 0.2) is 69.4 Å². The SMILES string of the molecule is COC(=O)/C=C1/SCC(=O)N1CCCSc1nnc(-c2ccco2)n1-c1ccccc1. The normalized spacial score (nSPS) is 15.1. The second-order valence-corrected chi connectivity index (χ2v) is 8.55. The van der Waals surface area contributed by atoms with E-state index in [0.717, 1.165) is 23.0 Å². The predicted molar refractivity (Wildman–Crippen MR) is 119 cm³/mol. The fourth-order valence-electron chi connectivity index (χ4n) is 3.05. The zero-order chi connectivity index (χ0) is 21.6. The van der Waals surface area contributed by atoms with Gasteiger partial charge in [-0.15, -0.1) is 10.2 Å². The summed E-state index contributed by atoms with van der Waals surface area (Å²) in [7, 11) is 1.32. The molecule has 1 aliphatic rings. The topological polar surface area (TPSA) is 90.5 Å². The molecule has 4 rings (SSSR count). The molecule has 2 aromatic heterocycles. The van der Waals surface area contributed by atoms with E-state index in [1.54, 1.807) is 22.9 Å². The molecule has 0 spiro atoms. The van der Waals surface area contributed by atoms with E-state index >= 15 is 0 Å². The second-order valence-electron chi connectivity index (χ2n) is 6.50. The van der Waals surface area contributed by atoms with Crippen LogP contribution < -0.4 is 0 Å². The molecular weight excluding hydrogens is 436 g/mol. The lowest BCUT2D eigenvalue weighted by Gasteiger charge is -2.16. The Balaban J connectivity index is 1.45. The van der Waals surface area contributed by atoms with Crippen molar-refractivity contribution in [3.8, 4) is 17.3 Å². The number of amides is 1. The lowest BCUT2D eigenvalue weighted by Crippen LogP contribution is -2.26. The first kappa shape index (κ1) is 21.3. The van der Waals surface area contributed by atoms with Crippen molar-refractivity contribution in [2.24, 2.45) is 0 Å². The van der Waals surface area contributed by atoms with Crippen LogP contribution in [-0.4, -0.2) is 56.7 Å². The third kappa shape index (κ3) is 4.86. The van der Waals surface area contributed by atoms with Gasteiger partial charge >= 0.3 is 5.97 Å². The highest BCUT2D eigenvalue weighted by Crippen LogP contribution is 2.31. The Morgan fingerprint density at radius 1 is 1.26 bits per heavy atom. The zero-order valence-electron chi connectivity index (χ0n) is 16.8. The molecule has 0 saturated carbocycles. The number of esters is 1. The van der Waals surface area contributed by atoms with E-state index in [9.17, 15) is 9.59 Å². The fraction of sp³-hybridized carbons (Fsp3) is 0.238. The highest BCUT2D eigenvalue weighted by Gasteiger charge is 2.27. The first-order chi connectivity index (χ1) is 15.2. The maximum atomic E-state index is 12.2. The van der Waals surface area contributed by atoms with Gasteiger partial charge in [-0.1, -0.05) is 41.7 Å². The number of rotatable bonds is 8. The van der Waals surface area contributed by atoms with E-state index in [1.807, 2.05) is 47.0 Å². The van der Waals surface area contributed by atoms with Crippen molar-refractivity contribution >= 4 is 35.4 Å². The minimum atomic E-state index is -0.460. The molecule has 10 heteroatoms. The molecule has 1 saturated heterocycles. The Morgan fingerprint density at radius 3 is 2.84 bits per heavy atom.